The van der Waals surface area contributed by atoms with Crippen molar-refractivity contribution < 1.29 is 22.7 Å². The minimum Gasteiger partial charge on any atom is -0.497 e. The van der Waals surface area contributed by atoms with Gasteiger partial charge in [-0.15, -0.1) is 0 Å². The van der Waals surface area contributed by atoms with Crippen molar-refractivity contribution in [3.63, 3.8) is 0 Å². The Morgan fingerprint density at radius 1 is 1.17 bits per heavy atom. The SMILES string of the molecule is COc1ccc(C2=C(C)C(=O)N(CC(=O)NCc3cccc(Cl)c3)S2(=O)=O)cc1. The molecule has 2 amide bonds. The lowest BCUT2D eigenvalue weighted by molar-refractivity contribution is -0.128. The number of rotatable bonds is 6. The number of ether oxygens (including phenoxy) is 1. The zero-order valence-electron chi connectivity index (χ0n) is 15.8. The van der Waals surface area contributed by atoms with Crippen LogP contribution in [-0.2, 0) is 26.2 Å². The summed E-state index contributed by atoms with van der Waals surface area (Å²) >= 11 is 5.91. The van der Waals surface area contributed by atoms with E-state index in [-0.39, 0.29) is 17.0 Å². The number of halogens is 1. The molecule has 0 saturated heterocycles. The van der Waals surface area contributed by atoms with E-state index in [4.69, 9.17) is 16.3 Å². The van der Waals surface area contributed by atoms with Gasteiger partial charge in [0.1, 0.15) is 17.2 Å². The normalized spacial score (nSPS) is 15.6. The van der Waals surface area contributed by atoms with Gasteiger partial charge in [0.25, 0.3) is 15.9 Å². The third-order valence-electron chi connectivity index (χ3n) is 4.45. The van der Waals surface area contributed by atoms with Crippen LogP contribution in [-0.4, -0.2) is 38.2 Å². The number of sulfonamides is 1. The lowest BCUT2D eigenvalue weighted by Gasteiger charge is -2.16. The van der Waals surface area contributed by atoms with Gasteiger partial charge < -0.3 is 10.1 Å². The molecule has 1 aliphatic heterocycles. The average Bonchev–Trinajstić information content (AvgIpc) is 2.86. The lowest BCUT2D eigenvalue weighted by atomic mass is 10.1. The maximum atomic E-state index is 12.9. The van der Waals surface area contributed by atoms with Gasteiger partial charge >= 0.3 is 0 Å². The van der Waals surface area contributed by atoms with Crippen molar-refractivity contribution in [2.24, 2.45) is 0 Å². The summed E-state index contributed by atoms with van der Waals surface area (Å²) in [4.78, 5) is 24.7. The van der Waals surface area contributed by atoms with Crippen molar-refractivity contribution in [3.05, 3.63) is 70.3 Å². The Hall–Kier alpha value is -2.84. The predicted octanol–water partition coefficient (Wildman–Crippen LogP) is 2.57. The Kier molecular flexibility index (Phi) is 5.95. The number of amides is 2. The third kappa shape index (κ3) is 4.28. The van der Waals surface area contributed by atoms with Crippen LogP contribution in [0.5, 0.6) is 5.75 Å². The highest BCUT2D eigenvalue weighted by Crippen LogP contribution is 2.35. The van der Waals surface area contributed by atoms with E-state index in [9.17, 15) is 18.0 Å². The van der Waals surface area contributed by atoms with Gasteiger partial charge in [-0.25, -0.2) is 12.7 Å². The number of carbonyl (C=O) groups is 2. The van der Waals surface area contributed by atoms with Crippen LogP contribution in [0.15, 0.2) is 54.1 Å². The van der Waals surface area contributed by atoms with Crippen molar-refractivity contribution in [2.75, 3.05) is 13.7 Å². The highest BCUT2D eigenvalue weighted by molar-refractivity contribution is 7.99. The number of benzene rings is 2. The van der Waals surface area contributed by atoms with Gasteiger partial charge in [0.05, 0.1) is 7.11 Å². The fourth-order valence-electron chi connectivity index (χ4n) is 3.00. The van der Waals surface area contributed by atoms with Crippen LogP contribution in [0.3, 0.4) is 0 Å². The lowest BCUT2D eigenvalue weighted by Crippen LogP contribution is -2.40. The first-order valence-electron chi connectivity index (χ1n) is 8.67. The predicted molar refractivity (Wildman–Crippen MR) is 110 cm³/mol. The maximum Gasteiger partial charge on any atom is 0.268 e. The summed E-state index contributed by atoms with van der Waals surface area (Å²) in [5.74, 6) is -0.745. The molecule has 1 aliphatic rings. The van der Waals surface area contributed by atoms with Crippen molar-refractivity contribution in [1.82, 2.24) is 9.62 Å². The quantitative estimate of drug-likeness (QED) is 0.754. The number of methoxy groups -OCH3 is 1. The first-order valence-corrected chi connectivity index (χ1v) is 10.5. The smallest absolute Gasteiger partial charge is 0.268 e. The third-order valence-corrected chi connectivity index (χ3v) is 6.62. The summed E-state index contributed by atoms with van der Waals surface area (Å²) in [6.45, 7) is 1.00. The van der Waals surface area contributed by atoms with Gasteiger partial charge in [-0.1, -0.05) is 23.7 Å². The van der Waals surface area contributed by atoms with Crippen molar-refractivity contribution in [1.29, 1.82) is 0 Å². The van der Waals surface area contributed by atoms with Crippen LogP contribution < -0.4 is 10.1 Å². The summed E-state index contributed by atoms with van der Waals surface area (Å²) in [6, 6.07) is 13.2. The summed E-state index contributed by atoms with van der Waals surface area (Å²) < 4.78 is 31.5. The Morgan fingerprint density at radius 2 is 1.86 bits per heavy atom. The molecular formula is C20H19ClN2O5S. The zero-order valence-corrected chi connectivity index (χ0v) is 17.4. The second-order valence-corrected chi connectivity index (χ2v) is 8.64. The molecule has 1 heterocycles. The molecule has 2 aromatic carbocycles. The van der Waals surface area contributed by atoms with E-state index in [1.54, 1.807) is 48.5 Å². The van der Waals surface area contributed by atoms with Crippen LogP contribution in [0.25, 0.3) is 4.91 Å². The Morgan fingerprint density at radius 3 is 2.48 bits per heavy atom. The number of hydrogen-bond donors (Lipinski definition) is 1. The summed E-state index contributed by atoms with van der Waals surface area (Å²) in [6.07, 6.45) is 0. The van der Waals surface area contributed by atoms with Crippen LogP contribution >= 0.6 is 11.6 Å². The van der Waals surface area contributed by atoms with Gasteiger partial charge in [0.15, 0.2) is 0 Å². The van der Waals surface area contributed by atoms with E-state index < -0.39 is 28.4 Å². The fraction of sp³-hybridized carbons (Fsp3) is 0.200. The minimum absolute atomic E-state index is 0.0674. The van der Waals surface area contributed by atoms with E-state index in [0.717, 1.165) is 5.56 Å². The standard InChI is InChI=1S/C20H19ClN2O5S/c1-13-19(15-6-8-17(28-2)9-7-15)29(26,27)23(20(13)25)12-18(24)22-11-14-4-3-5-16(21)10-14/h3-10H,11-12H2,1-2H3,(H,22,24). The first kappa shape index (κ1) is 20.9. The molecule has 0 unspecified atom stereocenters. The maximum absolute atomic E-state index is 12.9. The van der Waals surface area contributed by atoms with Crippen molar-refractivity contribution in [3.8, 4) is 5.75 Å². The molecule has 9 heteroatoms. The average molecular weight is 435 g/mol. The monoisotopic (exact) mass is 434 g/mol. The highest BCUT2D eigenvalue weighted by Gasteiger charge is 2.43. The van der Waals surface area contributed by atoms with Gasteiger partial charge in [-0.3, -0.25) is 9.59 Å². The van der Waals surface area contributed by atoms with Crippen LogP contribution in [0.2, 0.25) is 5.02 Å². The molecule has 3 rings (SSSR count). The topological polar surface area (TPSA) is 92.8 Å². The Labute approximate surface area is 174 Å². The van der Waals surface area contributed by atoms with Crippen molar-refractivity contribution >= 4 is 38.3 Å². The molecule has 0 fully saturated rings. The van der Waals surface area contributed by atoms with Crippen LogP contribution in [0.4, 0.5) is 0 Å². The second kappa shape index (κ2) is 8.26. The van der Waals surface area contributed by atoms with E-state index in [1.807, 2.05) is 0 Å². The summed E-state index contributed by atoms with van der Waals surface area (Å²) in [5.41, 5.74) is 1.19. The summed E-state index contributed by atoms with van der Waals surface area (Å²) in [7, 11) is -2.64. The molecule has 2 aromatic rings. The highest BCUT2D eigenvalue weighted by atomic mass is 35.5. The molecule has 0 radical (unpaired) electrons. The zero-order chi connectivity index (χ0) is 21.2. The van der Waals surface area contributed by atoms with E-state index >= 15 is 0 Å². The Bertz CT molecular complexity index is 1090. The number of nitrogens with zero attached hydrogens (tertiary/aromatic N) is 1. The van der Waals surface area contributed by atoms with E-state index in [1.165, 1.54) is 14.0 Å². The molecule has 152 valence electrons. The largest absolute Gasteiger partial charge is 0.497 e. The molecule has 1 N–H and O–H groups in total. The fourth-order valence-corrected chi connectivity index (χ4v) is 4.98. The van der Waals surface area contributed by atoms with E-state index in [2.05, 4.69) is 5.32 Å². The van der Waals surface area contributed by atoms with Gasteiger partial charge in [-0.05, 0) is 54.4 Å². The Balaban J connectivity index is 1.75. The molecule has 0 bridgehead atoms. The molecule has 0 aliphatic carbocycles. The second-order valence-electron chi connectivity index (χ2n) is 6.41. The van der Waals surface area contributed by atoms with Gasteiger partial charge in [0, 0.05) is 17.1 Å². The minimum atomic E-state index is -4.14. The molecule has 0 aromatic heterocycles. The number of carbonyl (C=O) groups excluding carboxylic acids is 2. The van der Waals surface area contributed by atoms with Gasteiger partial charge in [-0.2, -0.15) is 0 Å². The first-order chi connectivity index (χ1) is 13.7. The van der Waals surface area contributed by atoms with E-state index in [0.29, 0.717) is 20.6 Å². The number of nitrogens with one attached hydrogen (secondary N) is 1. The molecule has 29 heavy (non-hydrogen) atoms. The molecule has 0 atom stereocenters. The molecule has 0 saturated carbocycles. The molecular weight excluding hydrogens is 416 g/mol. The number of hydrogen-bond acceptors (Lipinski definition) is 5. The summed E-state index contributed by atoms with van der Waals surface area (Å²) in [5, 5.41) is 3.13. The van der Waals surface area contributed by atoms with Crippen molar-refractivity contribution in [2.45, 2.75) is 13.5 Å². The van der Waals surface area contributed by atoms with Gasteiger partial charge in [0.2, 0.25) is 5.91 Å². The molecule has 7 nitrogen and oxygen atoms in total. The van der Waals surface area contributed by atoms with Crippen LogP contribution in [0.1, 0.15) is 18.1 Å². The molecule has 0 spiro atoms. The van der Waals surface area contributed by atoms with Crippen LogP contribution in [0, 0.1) is 0 Å².